The van der Waals surface area contributed by atoms with Gasteiger partial charge in [0.05, 0.1) is 6.20 Å². The number of hydrogen-bond donors (Lipinski definition) is 1. The normalized spacial score (nSPS) is 14.7. The van der Waals surface area contributed by atoms with Gasteiger partial charge in [0.15, 0.2) is 5.82 Å². The highest BCUT2D eigenvalue weighted by molar-refractivity contribution is 5.62. The van der Waals surface area contributed by atoms with E-state index >= 15 is 0 Å². The summed E-state index contributed by atoms with van der Waals surface area (Å²) >= 11 is 0. The molecule has 1 amide bonds. The molecular formula is C16H20N6O. The van der Waals surface area contributed by atoms with Gasteiger partial charge in [0, 0.05) is 31.9 Å². The third-order valence-corrected chi connectivity index (χ3v) is 4.16. The van der Waals surface area contributed by atoms with Crippen LogP contribution in [0.3, 0.4) is 0 Å². The Morgan fingerprint density at radius 3 is 2.70 bits per heavy atom. The molecule has 1 fully saturated rings. The minimum absolute atomic E-state index is 0.589. The van der Waals surface area contributed by atoms with Crippen molar-refractivity contribution in [3.8, 4) is 0 Å². The lowest BCUT2D eigenvalue weighted by atomic mass is 10.1. The van der Waals surface area contributed by atoms with Gasteiger partial charge in [-0.3, -0.25) is 4.79 Å². The van der Waals surface area contributed by atoms with Gasteiger partial charge in [0.25, 0.3) is 0 Å². The number of aromatic nitrogens is 3. The molecule has 2 heterocycles. The number of nitrogens with one attached hydrogen (secondary N) is 1. The Balaban J connectivity index is 1.75. The van der Waals surface area contributed by atoms with Crippen molar-refractivity contribution in [3.05, 3.63) is 35.5 Å². The van der Waals surface area contributed by atoms with Crippen molar-refractivity contribution in [1.29, 1.82) is 0 Å². The Kier molecular flexibility index (Phi) is 4.36. The summed E-state index contributed by atoms with van der Waals surface area (Å²) in [7, 11) is 0. The highest BCUT2D eigenvalue weighted by Crippen LogP contribution is 2.22. The fourth-order valence-corrected chi connectivity index (χ4v) is 2.54. The van der Waals surface area contributed by atoms with Crippen molar-refractivity contribution < 1.29 is 4.79 Å². The average molecular weight is 312 g/mol. The smallest absolute Gasteiger partial charge is 0.247 e. The maximum absolute atomic E-state index is 10.8. The Hall–Kier alpha value is -2.70. The molecule has 1 aromatic heterocycles. The quantitative estimate of drug-likeness (QED) is 0.863. The molecule has 7 heteroatoms. The molecule has 0 bridgehead atoms. The van der Waals surface area contributed by atoms with Crippen LogP contribution in [0.25, 0.3) is 0 Å². The Labute approximate surface area is 135 Å². The van der Waals surface area contributed by atoms with Gasteiger partial charge in [-0.1, -0.05) is 12.1 Å². The maximum atomic E-state index is 10.8. The van der Waals surface area contributed by atoms with Crippen LogP contribution in [0.1, 0.15) is 11.1 Å². The zero-order valence-electron chi connectivity index (χ0n) is 13.4. The predicted octanol–water partition coefficient (Wildman–Crippen LogP) is 1.51. The number of carbonyl (C=O) groups is 1. The fourth-order valence-electron chi connectivity index (χ4n) is 2.54. The second-order valence-corrected chi connectivity index (χ2v) is 5.64. The molecule has 3 rings (SSSR count). The van der Waals surface area contributed by atoms with Gasteiger partial charge >= 0.3 is 0 Å². The first-order valence-corrected chi connectivity index (χ1v) is 7.64. The van der Waals surface area contributed by atoms with Crippen molar-refractivity contribution in [2.75, 3.05) is 36.4 Å². The summed E-state index contributed by atoms with van der Waals surface area (Å²) in [5.41, 5.74) is 3.43. The van der Waals surface area contributed by atoms with E-state index in [1.165, 1.54) is 11.1 Å². The zero-order valence-corrected chi connectivity index (χ0v) is 13.4. The number of anilines is 3. The van der Waals surface area contributed by atoms with Gasteiger partial charge in [-0.2, -0.15) is 10.1 Å². The van der Waals surface area contributed by atoms with E-state index in [-0.39, 0.29) is 0 Å². The van der Waals surface area contributed by atoms with Crippen LogP contribution in [0.2, 0.25) is 0 Å². The van der Waals surface area contributed by atoms with Crippen molar-refractivity contribution in [2.45, 2.75) is 13.8 Å². The molecule has 1 N–H and O–H groups in total. The van der Waals surface area contributed by atoms with Crippen molar-refractivity contribution in [3.63, 3.8) is 0 Å². The van der Waals surface area contributed by atoms with Crippen LogP contribution in [0.4, 0.5) is 17.5 Å². The van der Waals surface area contributed by atoms with Gasteiger partial charge in [0.2, 0.25) is 12.4 Å². The lowest BCUT2D eigenvalue weighted by Gasteiger charge is -2.32. The molecule has 0 atom stereocenters. The molecule has 0 radical (unpaired) electrons. The number of nitrogens with zero attached hydrogens (tertiary/aromatic N) is 5. The van der Waals surface area contributed by atoms with E-state index in [0.717, 1.165) is 12.1 Å². The molecule has 120 valence electrons. The molecule has 1 aromatic carbocycles. The standard InChI is InChI=1S/C16H20N6O/c1-12-4-3-5-14(13(12)2)18-15-10-17-20-16(19-15)22-8-6-21(11-23)7-9-22/h3-5,10-11H,6-9H2,1-2H3,(H,18,19,20). The van der Waals surface area contributed by atoms with Crippen LogP contribution < -0.4 is 10.2 Å². The Bertz CT molecular complexity index is 697. The van der Waals surface area contributed by atoms with Crippen LogP contribution in [-0.2, 0) is 4.79 Å². The lowest BCUT2D eigenvalue weighted by Crippen LogP contribution is -2.46. The van der Waals surface area contributed by atoms with Gasteiger partial charge in [-0.25, -0.2) is 0 Å². The first-order chi connectivity index (χ1) is 11.2. The van der Waals surface area contributed by atoms with E-state index in [4.69, 9.17) is 0 Å². The summed E-state index contributed by atoms with van der Waals surface area (Å²) in [6.07, 6.45) is 2.50. The van der Waals surface area contributed by atoms with E-state index in [0.29, 0.717) is 37.9 Å². The number of piperazine rings is 1. The molecule has 1 aliphatic heterocycles. The Morgan fingerprint density at radius 2 is 1.96 bits per heavy atom. The molecule has 0 unspecified atom stereocenters. The molecule has 0 spiro atoms. The van der Waals surface area contributed by atoms with Crippen molar-refractivity contribution in [1.82, 2.24) is 20.1 Å². The number of benzene rings is 1. The summed E-state index contributed by atoms with van der Waals surface area (Å²) < 4.78 is 0. The number of hydrogen-bond acceptors (Lipinski definition) is 6. The van der Waals surface area contributed by atoms with Crippen molar-refractivity contribution in [2.24, 2.45) is 0 Å². The first kappa shape index (κ1) is 15.2. The average Bonchev–Trinajstić information content (AvgIpc) is 2.59. The SMILES string of the molecule is Cc1cccc(Nc2cnnc(N3CCN(C=O)CC3)n2)c1C. The molecular weight excluding hydrogens is 292 g/mol. The molecule has 7 nitrogen and oxygen atoms in total. The van der Waals surface area contributed by atoms with Gasteiger partial charge in [-0.05, 0) is 31.0 Å². The third kappa shape index (κ3) is 3.39. The predicted molar refractivity (Wildman–Crippen MR) is 88.9 cm³/mol. The zero-order chi connectivity index (χ0) is 16.2. The first-order valence-electron chi connectivity index (χ1n) is 7.64. The van der Waals surface area contributed by atoms with Crippen LogP contribution >= 0.6 is 0 Å². The van der Waals surface area contributed by atoms with E-state index in [1.54, 1.807) is 11.1 Å². The van der Waals surface area contributed by atoms with Crippen LogP contribution in [0.5, 0.6) is 0 Å². The van der Waals surface area contributed by atoms with Crippen LogP contribution in [0.15, 0.2) is 24.4 Å². The second kappa shape index (κ2) is 6.60. The maximum Gasteiger partial charge on any atom is 0.247 e. The highest BCUT2D eigenvalue weighted by atomic mass is 16.1. The molecule has 1 saturated heterocycles. The summed E-state index contributed by atoms with van der Waals surface area (Å²) in [4.78, 5) is 19.1. The largest absolute Gasteiger partial charge is 0.342 e. The molecule has 23 heavy (non-hydrogen) atoms. The number of rotatable bonds is 4. The van der Waals surface area contributed by atoms with Crippen molar-refractivity contribution >= 4 is 23.9 Å². The highest BCUT2D eigenvalue weighted by Gasteiger charge is 2.18. The van der Waals surface area contributed by atoms with Gasteiger partial charge in [-0.15, -0.1) is 5.10 Å². The van der Waals surface area contributed by atoms with Crippen LogP contribution in [0, 0.1) is 13.8 Å². The van der Waals surface area contributed by atoms with Gasteiger partial charge < -0.3 is 15.1 Å². The van der Waals surface area contributed by atoms with E-state index in [1.807, 2.05) is 17.0 Å². The van der Waals surface area contributed by atoms with Gasteiger partial charge in [0.1, 0.15) is 0 Å². The molecule has 2 aromatic rings. The van der Waals surface area contributed by atoms with E-state index in [9.17, 15) is 4.79 Å². The molecule has 0 aliphatic carbocycles. The molecule has 0 saturated carbocycles. The fraction of sp³-hybridized carbons (Fsp3) is 0.375. The topological polar surface area (TPSA) is 74.2 Å². The summed E-state index contributed by atoms with van der Waals surface area (Å²) in [5.74, 6) is 1.26. The second-order valence-electron chi connectivity index (χ2n) is 5.64. The lowest BCUT2D eigenvalue weighted by molar-refractivity contribution is -0.118. The summed E-state index contributed by atoms with van der Waals surface area (Å²) in [6, 6.07) is 6.11. The number of amides is 1. The summed E-state index contributed by atoms with van der Waals surface area (Å²) in [5, 5.41) is 11.5. The molecule has 1 aliphatic rings. The van der Waals surface area contributed by atoms with E-state index in [2.05, 4.69) is 40.4 Å². The minimum Gasteiger partial charge on any atom is -0.342 e. The monoisotopic (exact) mass is 312 g/mol. The third-order valence-electron chi connectivity index (χ3n) is 4.16. The number of carbonyl (C=O) groups excluding carboxylic acids is 1. The Morgan fingerprint density at radius 1 is 1.17 bits per heavy atom. The minimum atomic E-state index is 0.589. The van der Waals surface area contributed by atoms with Crippen LogP contribution in [-0.4, -0.2) is 52.7 Å². The van der Waals surface area contributed by atoms with E-state index < -0.39 is 0 Å². The number of aryl methyl sites for hydroxylation is 1. The summed E-state index contributed by atoms with van der Waals surface area (Å²) in [6.45, 7) is 6.95.